The summed E-state index contributed by atoms with van der Waals surface area (Å²) in [5.74, 6) is 0.125. The fourth-order valence-electron chi connectivity index (χ4n) is 4.05. The van der Waals surface area contributed by atoms with Gasteiger partial charge >= 0.3 is 0 Å². The second-order valence-electron chi connectivity index (χ2n) is 8.07. The molecule has 1 heterocycles. The number of benzene rings is 2. The molecule has 1 fully saturated rings. The number of Topliss-reactive ketones (excluding diaryl/α,β-unsaturated/α-hetero) is 1. The fraction of sp³-hybridized carbons (Fsp3) is 0.417. The molecule has 154 valence electrons. The van der Waals surface area contributed by atoms with E-state index in [1.807, 2.05) is 45.0 Å². The van der Waals surface area contributed by atoms with Gasteiger partial charge in [0.15, 0.2) is 5.78 Å². The molecule has 1 atom stereocenters. The average Bonchev–Trinajstić information content (AvgIpc) is 2.70. The lowest BCUT2D eigenvalue weighted by atomic mass is 10.0. The van der Waals surface area contributed by atoms with Crippen molar-refractivity contribution in [2.45, 2.75) is 40.7 Å². The molecule has 1 saturated heterocycles. The lowest BCUT2D eigenvalue weighted by molar-refractivity contribution is -0.120. The second-order valence-corrected chi connectivity index (χ2v) is 8.07. The number of rotatable bonds is 5. The van der Waals surface area contributed by atoms with Gasteiger partial charge in [-0.25, -0.2) is 0 Å². The van der Waals surface area contributed by atoms with Crippen LogP contribution in [0.4, 0.5) is 11.4 Å². The Morgan fingerprint density at radius 3 is 2.00 bits per heavy atom. The smallest absolute Gasteiger partial charge is 0.241 e. The molecule has 1 amide bonds. The van der Waals surface area contributed by atoms with Crippen LogP contribution in [0, 0.1) is 20.8 Å². The maximum atomic E-state index is 12.9. The van der Waals surface area contributed by atoms with Gasteiger partial charge in [-0.05, 0) is 70.0 Å². The summed E-state index contributed by atoms with van der Waals surface area (Å²) < 4.78 is 0. The van der Waals surface area contributed by atoms with Gasteiger partial charge in [-0.2, -0.15) is 0 Å². The standard InChI is InChI=1S/C24H31N3O2/c1-16-14-17(2)23(18(3)15-16)25-24(29)19(4)26-10-12-27(13-11-26)22-8-6-21(7-9-22)20(5)28/h6-9,14-15,19H,10-13H2,1-5H3,(H,25,29)/t19-/m1/s1. The van der Waals surface area contributed by atoms with Crippen molar-refractivity contribution in [1.82, 2.24) is 4.90 Å². The van der Waals surface area contributed by atoms with E-state index in [9.17, 15) is 9.59 Å². The molecule has 0 aromatic heterocycles. The zero-order valence-electron chi connectivity index (χ0n) is 18.1. The molecule has 0 unspecified atom stereocenters. The van der Waals surface area contributed by atoms with Crippen LogP contribution in [0.15, 0.2) is 36.4 Å². The van der Waals surface area contributed by atoms with Crippen LogP contribution in [0.25, 0.3) is 0 Å². The van der Waals surface area contributed by atoms with Crippen LogP contribution in [0.2, 0.25) is 0 Å². The van der Waals surface area contributed by atoms with Gasteiger partial charge in [0, 0.05) is 43.1 Å². The third-order valence-electron chi connectivity index (χ3n) is 5.81. The van der Waals surface area contributed by atoms with Crippen molar-refractivity contribution in [3.05, 3.63) is 58.7 Å². The molecule has 0 radical (unpaired) electrons. The van der Waals surface area contributed by atoms with Gasteiger partial charge in [-0.1, -0.05) is 17.7 Å². The van der Waals surface area contributed by atoms with E-state index in [0.717, 1.165) is 54.2 Å². The highest BCUT2D eigenvalue weighted by Gasteiger charge is 2.26. The SMILES string of the molecule is CC(=O)c1ccc(N2CCN([C@H](C)C(=O)Nc3c(C)cc(C)cc3C)CC2)cc1. The molecule has 0 bridgehead atoms. The number of amides is 1. The normalized spacial score (nSPS) is 15.8. The Labute approximate surface area is 173 Å². The first-order valence-electron chi connectivity index (χ1n) is 10.2. The van der Waals surface area contributed by atoms with E-state index in [0.29, 0.717) is 0 Å². The average molecular weight is 394 g/mol. The van der Waals surface area contributed by atoms with Crippen LogP contribution >= 0.6 is 0 Å². The summed E-state index contributed by atoms with van der Waals surface area (Å²) in [5.41, 5.74) is 6.19. The first-order chi connectivity index (χ1) is 13.8. The molecule has 0 saturated carbocycles. The quantitative estimate of drug-likeness (QED) is 0.781. The maximum absolute atomic E-state index is 12.9. The second kappa shape index (κ2) is 8.78. The van der Waals surface area contributed by atoms with Crippen LogP contribution in [0.3, 0.4) is 0 Å². The number of ketones is 1. The van der Waals surface area contributed by atoms with Gasteiger partial charge in [0.05, 0.1) is 6.04 Å². The Morgan fingerprint density at radius 2 is 1.48 bits per heavy atom. The topological polar surface area (TPSA) is 52.7 Å². The highest BCUT2D eigenvalue weighted by molar-refractivity contribution is 5.96. The minimum atomic E-state index is -0.183. The molecular formula is C24H31N3O2. The van der Waals surface area contributed by atoms with E-state index >= 15 is 0 Å². The predicted octanol–water partition coefficient (Wildman–Crippen LogP) is 3.96. The summed E-state index contributed by atoms with van der Waals surface area (Å²) in [6, 6.07) is 11.8. The minimum absolute atomic E-state index is 0.0410. The molecule has 5 heteroatoms. The first kappa shape index (κ1) is 21.1. The molecule has 0 aliphatic carbocycles. The summed E-state index contributed by atoms with van der Waals surface area (Å²) in [6.45, 7) is 13.1. The van der Waals surface area contributed by atoms with Gasteiger partial charge in [0.25, 0.3) is 0 Å². The number of aryl methyl sites for hydroxylation is 3. The van der Waals surface area contributed by atoms with E-state index in [1.165, 1.54) is 5.56 Å². The molecular weight excluding hydrogens is 362 g/mol. The molecule has 3 rings (SSSR count). The fourth-order valence-corrected chi connectivity index (χ4v) is 4.05. The van der Waals surface area contributed by atoms with Gasteiger partial charge in [0.2, 0.25) is 5.91 Å². The Bertz CT molecular complexity index is 874. The van der Waals surface area contributed by atoms with Crippen LogP contribution < -0.4 is 10.2 Å². The molecule has 29 heavy (non-hydrogen) atoms. The zero-order valence-corrected chi connectivity index (χ0v) is 18.1. The van der Waals surface area contributed by atoms with E-state index in [1.54, 1.807) is 6.92 Å². The van der Waals surface area contributed by atoms with E-state index < -0.39 is 0 Å². The molecule has 2 aromatic rings. The van der Waals surface area contributed by atoms with E-state index in [-0.39, 0.29) is 17.7 Å². The molecule has 1 aliphatic heterocycles. The Morgan fingerprint density at radius 1 is 0.931 bits per heavy atom. The predicted molar refractivity (Wildman–Crippen MR) is 119 cm³/mol. The van der Waals surface area contributed by atoms with Crippen LogP contribution in [0.5, 0.6) is 0 Å². The van der Waals surface area contributed by atoms with Crippen LogP contribution in [-0.2, 0) is 4.79 Å². The number of piperazine rings is 1. The lowest BCUT2D eigenvalue weighted by Gasteiger charge is -2.38. The van der Waals surface area contributed by atoms with Crippen LogP contribution in [0.1, 0.15) is 40.9 Å². The van der Waals surface area contributed by atoms with Crippen molar-refractivity contribution in [2.24, 2.45) is 0 Å². The number of carbonyl (C=O) groups is 2. The summed E-state index contributed by atoms with van der Waals surface area (Å²) in [7, 11) is 0. The highest BCUT2D eigenvalue weighted by Crippen LogP contribution is 2.23. The Balaban J connectivity index is 1.59. The zero-order chi connectivity index (χ0) is 21.1. The Kier molecular flexibility index (Phi) is 6.38. The third kappa shape index (κ3) is 4.85. The Hall–Kier alpha value is -2.66. The number of anilines is 2. The summed E-state index contributed by atoms with van der Waals surface area (Å²) in [6.07, 6.45) is 0. The van der Waals surface area contributed by atoms with E-state index in [2.05, 4.69) is 34.2 Å². The van der Waals surface area contributed by atoms with Crippen LogP contribution in [-0.4, -0.2) is 48.8 Å². The van der Waals surface area contributed by atoms with Gasteiger partial charge < -0.3 is 10.2 Å². The number of hydrogen-bond donors (Lipinski definition) is 1. The number of nitrogens with one attached hydrogen (secondary N) is 1. The molecule has 0 spiro atoms. The van der Waals surface area contributed by atoms with Crippen molar-refractivity contribution >= 4 is 23.1 Å². The highest BCUT2D eigenvalue weighted by atomic mass is 16.2. The maximum Gasteiger partial charge on any atom is 0.241 e. The number of nitrogens with zero attached hydrogens (tertiary/aromatic N) is 2. The van der Waals surface area contributed by atoms with Gasteiger partial charge in [-0.15, -0.1) is 0 Å². The summed E-state index contributed by atoms with van der Waals surface area (Å²) >= 11 is 0. The summed E-state index contributed by atoms with van der Waals surface area (Å²) in [5, 5.41) is 3.14. The van der Waals surface area contributed by atoms with Crippen molar-refractivity contribution < 1.29 is 9.59 Å². The van der Waals surface area contributed by atoms with Crippen molar-refractivity contribution in [1.29, 1.82) is 0 Å². The largest absolute Gasteiger partial charge is 0.369 e. The van der Waals surface area contributed by atoms with E-state index in [4.69, 9.17) is 0 Å². The van der Waals surface area contributed by atoms with Crippen molar-refractivity contribution in [3.8, 4) is 0 Å². The van der Waals surface area contributed by atoms with Gasteiger partial charge in [-0.3, -0.25) is 14.5 Å². The molecule has 2 aromatic carbocycles. The lowest BCUT2D eigenvalue weighted by Crippen LogP contribution is -2.52. The number of carbonyl (C=O) groups excluding carboxylic acids is 2. The minimum Gasteiger partial charge on any atom is -0.369 e. The molecule has 1 aliphatic rings. The molecule has 5 nitrogen and oxygen atoms in total. The van der Waals surface area contributed by atoms with Gasteiger partial charge in [0.1, 0.15) is 0 Å². The number of hydrogen-bond acceptors (Lipinski definition) is 4. The first-order valence-corrected chi connectivity index (χ1v) is 10.2. The summed E-state index contributed by atoms with van der Waals surface area (Å²) in [4.78, 5) is 28.8. The van der Waals surface area contributed by atoms with Crippen molar-refractivity contribution in [3.63, 3.8) is 0 Å². The molecule has 1 N–H and O–H groups in total. The third-order valence-corrected chi connectivity index (χ3v) is 5.81. The monoisotopic (exact) mass is 393 g/mol. The van der Waals surface area contributed by atoms with Crippen molar-refractivity contribution in [2.75, 3.05) is 36.4 Å².